The van der Waals surface area contributed by atoms with Crippen LogP contribution in [-0.2, 0) is 4.79 Å². The molecule has 1 amide bonds. The third-order valence-corrected chi connectivity index (χ3v) is 2.45. The number of amides is 1. The molecule has 3 heteroatoms. The van der Waals surface area contributed by atoms with Crippen LogP contribution in [0.5, 0.6) is 0 Å². The van der Waals surface area contributed by atoms with Crippen molar-refractivity contribution in [2.45, 2.75) is 64.7 Å². The Morgan fingerprint density at radius 1 is 1.07 bits per heavy atom. The Bertz CT molecular complexity index is 196. The fourth-order valence-corrected chi connectivity index (χ4v) is 1.54. The molecule has 0 saturated carbocycles. The lowest BCUT2D eigenvalue weighted by Crippen LogP contribution is -2.16. The van der Waals surface area contributed by atoms with Crippen LogP contribution in [0.1, 0.15) is 64.7 Å². The molecule has 0 rings (SSSR count). The van der Waals surface area contributed by atoms with Gasteiger partial charge in [0.15, 0.2) is 6.19 Å². The summed E-state index contributed by atoms with van der Waals surface area (Å²) < 4.78 is 0. The first-order chi connectivity index (χ1) is 7.31. The highest BCUT2D eigenvalue weighted by atomic mass is 16.1. The molecule has 0 spiro atoms. The minimum Gasteiger partial charge on any atom is -0.274 e. The molecule has 3 nitrogen and oxygen atoms in total. The van der Waals surface area contributed by atoms with Crippen LogP contribution in [-0.4, -0.2) is 5.91 Å². The van der Waals surface area contributed by atoms with Crippen molar-refractivity contribution in [3.63, 3.8) is 0 Å². The second-order valence-corrected chi connectivity index (χ2v) is 3.88. The molecule has 0 unspecified atom stereocenters. The van der Waals surface area contributed by atoms with Crippen LogP contribution in [0.15, 0.2) is 0 Å². The van der Waals surface area contributed by atoms with E-state index in [2.05, 4.69) is 12.2 Å². The Kier molecular flexibility index (Phi) is 10.3. The summed E-state index contributed by atoms with van der Waals surface area (Å²) in [6.07, 6.45) is 11.9. The Balaban J connectivity index is 3.05. The van der Waals surface area contributed by atoms with Gasteiger partial charge in [-0.15, -0.1) is 0 Å². The van der Waals surface area contributed by atoms with Gasteiger partial charge in [-0.3, -0.25) is 10.1 Å². The average molecular weight is 210 g/mol. The predicted octanol–water partition coefficient (Wildman–Crippen LogP) is 3.11. The SMILES string of the molecule is CCCCCCCCCCC(=O)NC#N. The summed E-state index contributed by atoms with van der Waals surface area (Å²) in [5, 5.41) is 10.3. The predicted molar refractivity (Wildman–Crippen MR) is 61.0 cm³/mol. The average Bonchev–Trinajstić information content (AvgIpc) is 2.22. The van der Waals surface area contributed by atoms with Crippen molar-refractivity contribution < 1.29 is 4.79 Å². The van der Waals surface area contributed by atoms with Crippen LogP contribution >= 0.6 is 0 Å². The summed E-state index contributed by atoms with van der Waals surface area (Å²) in [6.45, 7) is 2.22. The summed E-state index contributed by atoms with van der Waals surface area (Å²) in [5.41, 5.74) is 0. The molecule has 0 radical (unpaired) electrons. The van der Waals surface area contributed by atoms with Crippen molar-refractivity contribution >= 4 is 5.91 Å². The molecular weight excluding hydrogens is 188 g/mol. The molecule has 0 fully saturated rings. The number of hydrogen-bond donors (Lipinski definition) is 1. The van der Waals surface area contributed by atoms with Gasteiger partial charge in [-0.05, 0) is 6.42 Å². The lowest BCUT2D eigenvalue weighted by molar-refractivity contribution is -0.120. The monoisotopic (exact) mass is 210 g/mol. The van der Waals surface area contributed by atoms with Gasteiger partial charge >= 0.3 is 0 Å². The number of hydrogen-bond acceptors (Lipinski definition) is 2. The van der Waals surface area contributed by atoms with Gasteiger partial charge in [-0.25, -0.2) is 0 Å². The van der Waals surface area contributed by atoms with E-state index < -0.39 is 0 Å². The standard InChI is InChI=1S/C12H22N2O/c1-2-3-4-5-6-7-8-9-10-12(15)14-11-13/h2-10H2,1H3,(H,14,15). The number of carbonyl (C=O) groups excluding carboxylic acids is 1. The van der Waals surface area contributed by atoms with Crippen LogP contribution in [0.2, 0.25) is 0 Å². The van der Waals surface area contributed by atoms with Crippen molar-refractivity contribution in [3.05, 3.63) is 0 Å². The maximum Gasteiger partial charge on any atom is 0.232 e. The Morgan fingerprint density at radius 2 is 1.60 bits per heavy atom. The smallest absolute Gasteiger partial charge is 0.232 e. The zero-order valence-electron chi connectivity index (χ0n) is 9.72. The maximum atomic E-state index is 10.9. The summed E-state index contributed by atoms with van der Waals surface area (Å²) in [7, 11) is 0. The number of nitrogens with zero attached hydrogens (tertiary/aromatic N) is 1. The van der Waals surface area contributed by atoms with Crippen molar-refractivity contribution in [3.8, 4) is 6.19 Å². The summed E-state index contributed by atoms with van der Waals surface area (Å²) in [6, 6.07) is 0. The molecule has 0 aliphatic heterocycles. The third-order valence-electron chi connectivity index (χ3n) is 2.45. The molecule has 0 bridgehead atoms. The molecule has 0 saturated heterocycles. The fraction of sp³-hybridized carbons (Fsp3) is 0.833. The number of carbonyl (C=O) groups is 1. The van der Waals surface area contributed by atoms with Crippen molar-refractivity contribution in [2.24, 2.45) is 0 Å². The van der Waals surface area contributed by atoms with Gasteiger partial charge in [-0.2, -0.15) is 5.26 Å². The van der Waals surface area contributed by atoms with Crippen LogP contribution in [0.25, 0.3) is 0 Å². The van der Waals surface area contributed by atoms with Gasteiger partial charge < -0.3 is 0 Å². The molecule has 15 heavy (non-hydrogen) atoms. The largest absolute Gasteiger partial charge is 0.274 e. The highest BCUT2D eigenvalue weighted by Gasteiger charge is 1.98. The molecule has 0 heterocycles. The zero-order chi connectivity index (χ0) is 11.4. The highest BCUT2D eigenvalue weighted by Crippen LogP contribution is 2.09. The molecule has 1 N–H and O–H groups in total. The van der Waals surface area contributed by atoms with E-state index >= 15 is 0 Å². The normalized spacial score (nSPS) is 9.60. The first-order valence-corrected chi connectivity index (χ1v) is 5.99. The quantitative estimate of drug-likeness (QED) is 0.361. The van der Waals surface area contributed by atoms with Crippen LogP contribution in [0.3, 0.4) is 0 Å². The van der Waals surface area contributed by atoms with E-state index in [1.165, 1.54) is 38.5 Å². The van der Waals surface area contributed by atoms with Gasteiger partial charge in [0.05, 0.1) is 0 Å². The molecule has 0 atom stereocenters. The van der Waals surface area contributed by atoms with E-state index in [1.807, 2.05) is 0 Å². The van der Waals surface area contributed by atoms with E-state index in [9.17, 15) is 4.79 Å². The zero-order valence-corrected chi connectivity index (χ0v) is 9.72. The molecule has 0 aliphatic rings. The van der Waals surface area contributed by atoms with Crippen molar-refractivity contribution in [1.82, 2.24) is 5.32 Å². The minimum atomic E-state index is -0.150. The molecule has 0 aromatic carbocycles. The van der Waals surface area contributed by atoms with Crippen LogP contribution in [0.4, 0.5) is 0 Å². The lowest BCUT2D eigenvalue weighted by Gasteiger charge is -2.00. The highest BCUT2D eigenvalue weighted by molar-refractivity contribution is 5.77. The Morgan fingerprint density at radius 3 is 2.13 bits per heavy atom. The van der Waals surface area contributed by atoms with E-state index in [0.717, 1.165) is 12.8 Å². The van der Waals surface area contributed by atoms with Crippen LogP contribution in [0, 0.1) is 11.5 Å². The van der Waals surface area contributed by atoms with Gasteiger partial charge in [0.2, 0.25) is 5.91 Å². The Labute approximate surface area is 92.9 Å². The second-order valence-electron chi connectivity index (χ2n) is 3.88. The third kappa shape index (κ3) is 10.9. The molecule has 0 aliphatic carbocycles. The van der Waals surface area contributed by atoms with Gasteiger partial charge in [0.25, 0.3) is 0 Å². The van der Waals surface area contributed by atoms with Crippen molar-refractivity contribution in [1.29, 1.82) is 5.26 Å². The van der Waals surface area contributed by atoms with E-state index in [1.54, 1.807) is 6.19 Å². The number of nitriles is 1. The second kappa shape index (κ2) is 11.0. The summed E-state index contributed by atoms with van der Waals surface area (Å²) in [5.74, 6) is -0.150. The first kappa shape index (κ1) is 14.0. The first-order valence-electron chi connectivity index (χ1n) is 5.99. The van der Waals surface area contributed by atoms with Gasteiger partial charge in [-0.1, -0.05) is 51.9 Å². The van der Waals surface area contributed by atoms with Crippen molar-refractivity contribution in [2.75, 3.05) is 0 Å². The molecule has 0 aromatic heterocycles. The van der Waals surface area contributed by atoms with Gasteiger partial charge in [0, 0.05) is 6.42 Å². The molecule has 0 aromatic rings. The Hall–Kier alpha value is -1.04. The minimum absolute atomic E-state index is 0.150. The molecular formula is C12H22N2O. The van der Waals surface area contributed by atoms with E-state index in [0.29, 0.717) is 6.42 Å². The van der Waals surface area contributed by atoms with Gasteiger partial charge in [0.1, 0.15) is 0 Å². The number of unbranched alkanes of at least 4 members (excludes halogenated alkanes) is 7. The topological polar surface area (TPSA) is 52.9 Å². The number of nitrogens with one attached hydrogen (secondary N) is 1. The van der Waals surface area contributed by atoms with E-state index in [-0.39, 0.29) is 5.91 Å². The number of rotatable bonds is 9. The van der Waals surface area contributed by atoms with E-state index in [4.69, 9.17) is 5.26 Å². The lowest BCUT2D eigenvalue weighted by atomic mass is 10.1. The summed E-state index contributed by atoms with van der Waals surface area (Å²) in [4.78, 5) is 10.9. The fourth-order valence-electron chi connectivity index (χ4n) is 1.54. The van der Waals surface area contributed by atoms with Crippen LogP contribution < -0.4 is 5.32 Å². The summed E-state index contributed by atoms with van der Waals surface area (Å²) >= 11 is 0. The molecule has 86 valence electrons. The maximum absolute atomic E-state index is 10.9.